The molecule has 2 aliphatic heterocycles. The maximum atomic E-state index is 12.2. The van der Waals surface area contributed by atoms with Crippen molar-refractivity contribution in [3.8, 4) is 0 Å². The first kappa shape index (κ1) is 29.7. The fraction of sp³-hybridized carbons (Fsp3) is 0.688. The van der Waals surface area contributed by atoms with Crippen molar-refractivity contribution in [3.05, 3.63) is 32.6 Å². The van der Waals surface area contributed by atoms with Crippen LogP contribution in [0.5, 0.6) is 0 Å². The number of aromatic nitrogens is 2. The summed E-state index contributed by atoms with van der Waals surface area (Å²) in [5.41, 5.74) is -1.32. The van der Waals surface area contributed by atoms with E-state index in [1.54, 1.807) is 0 Å². The van der Waals surface area contributed by atoms with E-state index in [1.165, 1.54) is 13.1 Å². The van der Waals surface area contributed by atoms with Crippen molar-refractivity contribution in [1.29, 1.82) is 0 Å². The van der Waals surface area contributed by atoms with E-state index >= 15 is 0 Å². The van der Waals surface area contributed by atoms with Gasteiger partial charge in [-0.05, 0) is 6.92 Å². The molecule has 2 aliphatic rings. The molecule has 37 heavy (non-hydrogen) atoms. The van der Waals surface area contributed by atoms with E-state index in [1.807, 2.05) is 4.98 Å². The summed E-state index contributed by atoms with van der Waals surface area (Å²) in [7, 11) is -11.1. The summed E-state index contributed by atoms with van der Waals surface area (Å²) in [6.07, 6.45) is -14.0. The highest BCUT2D eigenvalue weighted by atomic mass is 31.3. The minimum absolute atomic E-state index is 0.160. The molecule has 10 atom stereocenters. The van der Waals surface area contributed by atoms with Crippen molar-refractivity contribution < 1.29 is 72.1 Å². The maximum absolute atomic E-state index is 12.2. The van der Waals surface area contributed by atoms with Crippen LogP contribution in [0.25, 0.3) is 0 Å². The Kier molecular flexibility index (Phi) is 8.93. The Balaban J connectivity index is 1.61. The normalized spacial score (nSPS) is 35.5. The predicted octanol–water partition coefficient (Wildman–Crippen LogP) is -3.36. The molecule has 0 saturated carbocycles. The van der Waals surface area contributed by atoms with E-state index in [0.29, 0.717) is 0 Å². The monoisotopic (exact) mass is 578 g/mol. The lowest BCUT2D eigenvalue weighted by atomic mass is 9.99. The van der Waals surface area contributed by atoms with E-state index in [-0.39, 0.29) is 12.0 Å². The molecule has 0 bridgehead atoms. The number of aromatic amines is 1. The van der Waals surface area contributed by atoms with Gasteiger partial charge in [0.15, 0.2) is 12.4 Å². The molecule has 0 aliphatic carbocycles. The van der Waals surface area contributed by atoms with Crippen LogP contribution in [0.3, 0.4) is 0 Å². The molecule has 0 spiro atoms. The lowest BCUT2D eigenvalue weighted by molar-refractivity contribution is -0.274. The van der Waals surface area contributed by atoms with E-state index in [2.05, 4.69) is 18.1 Å². The highest BCUT2D eigenvalue weighted by Crippen LogP contribution is 2.61. The van der Waals surface area contributed by atoms with Gasteiger partial charge >= 0.3 is 27.3 Å². The van der Waals surface area contributed by atoms with Gasteiger partial charge in [0.25, 0.3) is 5.56 Å². The van der Waals surface area contributed by atoms with E-state index in [4.69, 9.17) is 9.84 Å². The molecule has 21 heteroatoms. The van der Waals surface area contributed by atoms with E-state index in [9.17, 15) is 53.7 Å². The Morgan fingerprint density at radius 1 is 1.11 bits per heavy atom. The first-order valence-corrected chi connectivity index (χ1v) is 13.3. The number of carbonyl (C=O) groups is 1. The van der Waals surface area contributed by atoms with Gasteiger partial charge in [0.1, 0.15) is 30.6 Å². The van der Waals surface area contributed by atoms with Crippen molar-refractivity contribution in [2.24, 2.45) is 0 Å². The third kappa shape index (κ3) is 6.98. The number of nitrogens with one attached hydrogen (secondary N) is 1. The van der Waals surface area contributed by atoms with Gasteiger partial charge in [-0.25, -0.2) is 18.7 Å². The number of phosphoric acid groups is 2. The number of hydrogen-bond donors (Lipinski definition) is 8. The number of nitrogens with zero attached hydrogens (tertiary/aromatic N) is 1. The average Bonchev–Trinajstić information content (AvgIpc) is 3.14. The largest absolute Gasteiger partial charge is 0.483 e. The highest BCUT2D eigenvalue weighted by molar-refractivity contribution is 7.61. The van der Waals surface area contributed by atoms with Gasteiger partial charge < -0.3 is 44.8 Å². The minimum atomic E-state index is -5.67. The number of ether oxygens (including phenoxy) is 2. The summed E-state index contributed by atoms with van der Waals surface area (Å²) in [5, 5.41) is 48.3. The molecular formula is C16H24N2O17P2. The van der Waals surface area contributed by atoms with Crippen LogP contribution in [-0.2, 0) is 36.8 Å². The summed E-state index contributed by atoms with van der Waals surface area (Å²) in [4.78, 5) is 56.2. The molecule has 2 fully saturated rings. The molecule has 1 aromatic rings. The van der Waals surface area contributed by atoms with Gasteiger partial charge in [-0.2, -0.15) is 4.31 Å². The molecular weight excluding hydrogens is 554 g/mol. The minimum Gasteiger partial charge on any atom is -0.479 e. The maximum Gasteiger partial charge on any atom is 0.483 e. The number of phosphoric ester groups is 2. The standard InChI is InChI=1S/C16H24N2O17P2/c1-5-3-18(16(26)17-13(5)23)8-2-6(19)7(32-8)4-31-36(27,28)35-37(29,30)34-15-11(22)9(20)10(21)12(33-15)14(24)25/h3,6-12,15,19-22H,2,4H2,1H3,(H,24,25)(H,27,28)(H,29,30)(H,17,23,26)/t6-,7+,8+,9-,10-,11+,12-,15+/m0/s1. The number of aliphatic carboxylic acids is 1. The Bertz CT molecular complexity index is 1220. The average molecular weight is 578 g/mol. The number of carboxylic acid groups (broad SMARTS) is 1. The second-order valence-corrected chi connectivity index (χ2v) is 11.1. The van der Waals surface area contributed by atoms with Gasteiger partial charge in [0.05, 0.1) is 12.7 Å². The highest BCUT2D eigenvalue weighted by Gasteiger charge is 2.51. The summed E-state index contributed by atoms with van der Waals surface area (Å²) < 4.78 is 48.3. The lowest BCUT2D eigenvalue weighted by Gasteiger charge is -2.38. The van der Waals surface area contributed by atoms with Crippen LogP contribution in [-0.4, -0.2) is 100 Å². The van der Waals surface area contributed by atoms with Gasteiger partial charge in [-0.1, -0.05) is 0 Å². The summed E-state index contributed by atoms with van der Waals surface area (Å²) >= 11 is 0. The third-order valence-corrected chi connectivity index (χ3v) is 7.92. The smallest absolute Gasteiger partial charge is 0.479 e. The van der Waals surface area contributed by atoms with Crippen molar-refractivity contribution in [2.45, 2.75) is 62.5 Å². The Hall–Kier alpha value is -1.83. The molecule has 3 rings (SSSR count). The molecule has 19 nitrogen and oxygen atoms in total. The Morgan fingerprint density at radius 2 is 1.76 bits per heavy atom. The summed E-state index contributed by atoms with van der Waals surface area (Å²) in [5.74, 6) is -1.83. The zero-order chi connectivity index (χ0) is 27.9. The number of carboxylic acids is 1. The van der Waals surface area contributed by atoms with E-state index in [0.717, 1.165) is 4.57 Å². The van der Waals surface area contributed by atoms with Crippen LogP contribution in [0.4, 0.5) is 0 Å². The fourth-order valence-corrected chi connectivity index (χ4v) is 5.61. The summed E-state index contributed by atoms with van der Waals surface area (Å²) in [6.45, 7) is 0.508. The SMILES string of the molecule is Cc1cn([C@H]2C[C@H](O)[C@@H](COP(=O)(O)OP(=O)(O)O[C@H]3O[C@H](C(=O)O)[C@@H](O)[C@H](O)[C@H]3O)O2)c(=O)[nH]c1=O. The van der Waals surface area contributed by atoms with Crippen LogP contribution >= 0.6 is 15.6 Å². The van der Waals surface area contributed by atoms with Gasteiger partial charge in [-0.15, -0.1) is 0 Å². The van der Waals surface area contributed by atoms with Crippen LogP contribution in [0.1, 0.15) is 18.2 Å². The number of hydrogen-bond acceptors (Lipinski definition) is 14. The Labute approximate surface area is 205 Å². The number of aliphatic hydroxyl groups is 4. The molecule has 1 aromatic heterocycles. The molecule has 0 radical (unpaired) electrons. The molecule has 210 valence electrons. The van der Waals surface area contributed by atoms with Gasteiger partial charge in [0, 0.05) is 18.2 Å². The van der Waals surface area contributed by atoms with E-state index < -0.39 is 88.6 Å². The Morgan fingerprint density at radius 3 is 2.38 bits per heavy atom. The number of rotatable bonds is 9. The van der Waals surface area contributed by atoms with Crippen molar-refractivity contribution in [3.63, 3.8) is 0 Å². The van der Waals surface area contributed by atoms with Crippen molar-refractivity contribution in [2.75, 3.05) is 6.61 Å². The van der Waals surface area contributed by atoms with Crippen molar-refractivity contribution in [1.82, 2.24) is 9.55 Å². The fourth-order valence-electron chi connectivity index (χ4n) is 3.45. The number of aryl methyl sites for hydroxylation is 1. The third-order valence-electron chi connectivity index (χ3n) is 5.32. The number of aliphatic hydroxyl groups excluding tert-OH is 4. The molecule has 2 saturated heterocycles. The predicted molar refractivity (Wildman–Crippen MR) is 113 cm³/mol. The van der Waals surface area contributed by atoms with Crippen LogP contribution in [0, 0.1) is 6.92 Å². The topological polar surface area (TPSA) is 294 Å². The molecule has 8 N–H and O–H groups in total. The quantitative estimate of drug-likeness (QED) is 0.133. The zero-order valence-corrected chi connectivity index (χ0v) is 20.5. The van der Waals surface area contributed by atoms with Crippen LogP contribution < -0.4 is 11.2 Å². The first-order valence-electron chi connectivity index (χ1n) is 10.3. The van der Waals surface area contributed by atoms with Gasteiger partial charge in [-0.3, -0.25) is 23.4 Å². The van der Waals surface area contributed by atoms with Crippen molar-refractivity contribution >= 4 is 21.6 Å². The molecule has 2 unspecified atom stereocenters. The van der Waals surface area contributed by atoms with Crippen LogP contribution in [0.2, 0.25) is 0 Å². The zero-order valence-electron chi connectivity index (χ0n) is 18.7. The summed E-state index contributed by atoms with van der Waals surface area (Å²) in [6, 6.07) is 0. The van der Waals surface area contributed by atoms with Gasteiger partial charge in [0.2, 0.25) is 0 Å². The molecule has 0 amide bonds. The lowest BCUT2D eigenvalue weighted by Crippen LogP contribution is -2.60. The second-order valence-electron chi connectivity index (χ2n) is 8.07. The number of H-pyrrole nitrogens is 1. The second kappa shape index (κ2) is 11.1. The first-order chi connectivity index (χ1) is 17.0. The van der Waals surface area contributed by atoms with Crippen LogP contribution in [0.15, 0.2) is 15.8 Å². The molecule has 0 aromatic carbocycles. The molecule has 3 heterocycles.